The van der Waals surface area contributed by atoms with E-state index in [9.17, 15) is 0 Å². The smallest absolute Gasteiger partial charge is 0.165 e. The Kier molecular flexibility index (Phi) is 5.57. The molecule has 0 amide bonds. The second kappa shape index (κ2) is 10.6. The maximum Gasteiger partial charge on any atom is 0.165 e. The Hall–Kier alpha value is -7.50. The molecule has 55 heavy (non-hydrogen) atoms. The van der Waals surface area contributed by atoms with Gasteiger partial charge in [0.25, 0.3) is 0 Å². The van der Waals surface area contributed by atoms with Crippen molar-refractivity contribution in [3.8, 4) is 22.5 Å². The normalized spacial score (nSPS) is 12.4. The minimum atomic E-state index is 0.903. The van der Waals surface area contributed by atoms with Gasteiger partial charge in [0.1, 0.15) is 5.52 Å². The predicted molar refractivity (Wildman–Crippen MR) is 228 cm³/mol. The topological polar surface area (TPSA) is 40.0 Å². The summed E-state index contributed by atoms with van der Waals surface area (Å²) >= 11 is 0. The van der Waals surface area contributed by atoms with E-state index in [1.807, 2.05) is 24.3 Å². The summed E-state index contributed by atoms with van der Waals surface area (Å²) in [6.07, 6.45) is 0. The predicted octanol–water partition coefficient (Wildman–Crippen LogP) is 12.6. The van der Waals surface area contributed by atoms with Crippen LogP contribution in [-0.4, -0.2) is 23.5 Å². The van der Waals surface area contributed by atoms with Gasteiger partial charge in [0.2, 0.25) is 0 Å². The van der Waals surface area contributed by atoms with Gasteiger partial charge in [-0.25, -0.2) is 9.97 Å². The van der Waals surface area contributed by atoms with E-state index in [0.29, 0.717) is 0 Å². The molecular formula is C50H29N5. The van der Waals surface area contributed by atoms with E-state index in [-0.39, 0.29) is 0 Å². The van der Waals surface area contributed by atoms with Crippen molar-refractivity contribution in [2.24, 2.45) is 0 Å². The SMILES string of the molecule is c1ccc(-n2c3ccccc3c3cc(-c4ccc5c(c4)c4ccccc4n5-c4ccc5c(c4)c4cccc6c7nc8ccccc8nc7n5c46)ccc32)cc1. The van der Waals surface area contributed by atoms with Gasteiger partial charge in [0, 0.05) is 49.1 Å². The molecule has 0 fully saturated rings. The van der Waals surface area contributed by atoms with E-state index in [1.165, 1.54) is 76.7 Å². The number of hydrogen-bond donors (Lipinski definition) is 0. The monoisotopic (exact) mass is 699 g/mol. The van der Waals surface area contributed by atoms with Crippen molar-refractivity contribution in [3.63, 3.8) is 0 Å². The maximum absolute atomic E-state index is 5.15. The molecule has 8 aromatic carbocycles. The molecule has 0 atom stereocenters. The molecule has 5 aromatic heterocycles. The summed E-state index contributed by atoms with van der Waals surface area (Å²) in [5, 5.41) is 8.55. The highest BCUT2D eigenvalue weighted by molar-refractivity contribution is 6.23. The van der Waals surface area contributed by atoms with E-state index in [2.05, 4.69) is 165 Å². The lowest BCUT2D eigenvalue weighted by molar-refractivity contribution is 1.18. The summed E-state index contributed by atoms with van der Waals surface area (Å²) in [7, 11) is 0. The van der Waals surface area contributed by atoms with Gasteiger partial charge >= 0.3 is 0 Å². The molecule has 254 valence electrons. The zero-order chi connectivity index (χ0) is 35.8. The van der Waals surface area contributed by atoms with E-state index in [0.717, 1.165) is 38.8 Å². The Bertz CT molecular complexity index is 3720. The minimum Gasteiger partial charge on any atom is -0.309 e. The fraction of sp³-hybridized carbons (Fsp3) is 0. The van der Waals surface area contributed by atoms with Crippen molar-refractivity contribution >= 4 is 93.0 Å². The van der Waals surface area contributed by atoms with Crippen LogP contribution in [0.5, 0.6) is 0 Å². The quantitative estimate of drug-likeness (QED) is 0.184. The van der Waals surface area contributed by atoms with Crippen LogP contribution in [0.1, 0.15) is 0 Å². The first-order valence-corrected chi connectivity index (χ1v) is 18.8. The summed E-state index contributed by atoms with van der Waals surface area (Å²) in [5.41, 5.74) is 15.5. The number of rotatable bonds is 3. The van der Waals surface area contributed by atoms with Gasteiger partial charge < -0.3 is 9.13 Å². The molecule has 0 radical (unpaired) electrons. The number of nitrogens with zero attached hydrogens (tertiary/aromatic N) is 5. The zero-order valence-corrected chi connectivity index (χ0v) is 29.5. The van der Waals surface area contributed by atoms with Crippen LogP contribution >= 0.6 is 0 Å². The highest BCUT2D eigenvalue weighted by Crippen LogP contribution is 2.42. The van der Waals surface area contributed by atoms with Gasteiger partial charge in [-0.05, 0) is 90.0 Å². The summed E-state index contributed by atoms with van der Waals surface area (Å²) in [6, 6.07) is 63.6. The molecule has 13 rings (SSSR count). The van der Waals surface area contributed by atoms with E-state index >= 15 is 0 Å². The first kappa shape index (κ1) is 29.0. The number of hydrogen-bond acceptors (Lipinski definition) is 2. The maximum atomic E-state index is 5.15. The second-order valence-electron chi connectivity index (χ2n) is 14.6. The Morgan fingerprint density at radius 1 is 0.327 bits per heavy atom. The molecule has 5 heteroatoms. The second-order valence-corrected chi connectivity index (χ2v) is 14.6. The standard InChI is InChI=1S/C50H29N5/c1-2-11-32(12-3-1)53-43-19-8-4-13-34(43)38-27-30(21-24-45(38)53)31-22-25-46-39(28-31)35-14-5-9-20-44(35)54(46)33-23-26-47-40(29-33)36-15-10-16-37-48-50(55(47)49(36)37)52-42-18-7-6-17-41(42)51-48/h1-29H. The van der Waals surface area contributed by atoms with Crippen LogP contribution in [0.25, 0.3) is 116 Å². The fourth-order valence-corrected chi connectivity index (χ4v) is 9.37. The minimum absolute atomic E-state index is 0.903. The number of benzene rings is 8. The molecule has 0 N–H and O–H groups in total. The molecule has 5 heterocycles. The van der Waals surface area contributed by atoms with Crippen LogP contribution in [0.15, 0.2) is 176 Å². The zero-order valence-electron chi connectivity index (χ0n) is 29.5. The van der Waals surface area contributed by atoms with Crippen LogP contribution < -0.4 is 0 Å². The average Bonchev–Trinajstić information content (AvgIpc) is 3.97. The largest absolute Gasteiger partial charge is 0.309 e. The van der Waals surface area contributed by atoms with E-state index in [1.54, 1.807) is 0 Å². The van der Waals surface area contributed by atoms with E-state index < -0.39 is 0 Å². The first-order valence-electron chi connectivity index (χ1n) is 18.8. The summed E-state index contributed by atoms with van der Waals surface area (Å²) in [4.78, 5) is 10.2. The third-order valence-electron chi connectivity index (χ3n) is 11.7. The van der Waals surface area contributed by atoms with Gasteiger partial charge in [0.15, 0.2) is 5.65 Å². The highest BCUT2D eigenvalue weighted by Gasteiger charge is 2.21. The molecular weight excluding hydrogens is 671 g/mol. The molecule has 0 aliphatic rings. The Balaban J connectivity index is 1.01. The summed E-state index contributed by atoms with van der Waals surface area (Å²) in [5.74, 6) is 0. The van der Waals surface area contributed by atoms with Gasteiger partial charge in [-0.2, -0.15) is 0 Å². The highest BCUT2D eigenvalue weighted by atomic mass is 15.0. The van der Waals surface area contributed by atoms with Crippen molar-refractivity contribution in [3.05, 3.63) is 176 Å². The summed E-state index contributed by atoms with van der Waals surface area (Å²) < 4.78 is 7.10. The van der Waals surface area contributed by atoms with E-state index in [4.69, 9.17) is 9.97 Å². The van der Waals surface area contributed by atoms with Crippen LogP contribution in [-0.2, 0) is 0 Å². The van der Waals surface area contributed by atoms with Gasteiger partial charge in [0.05, 0.1) is 44.1 Å². The fourth-order valence-electron chi connectivity index (χ4n) is 9.37. The molecule has 0 spiro atoms. The molecule has 0 aliphatic carbocycles. The van der Waals surface area contributed by atoms with Gasteiger partial charge in [-0.15, -0.1) is 0 Å². The van der Waals surface area contributed by atoms with Crippen LogP contribution in [0, 0.1) is 0 Å². The lowest BCUT2D eigenvalue weighted by Crippen LogP contribution is -1.94. The van der Waals surface area contributed by atoms with Crippen molar-refractivity contribution in [1.82, 2.24) is 23.5 Å². The number of para-hydroxylation sites is 6. The third kappa shape index (κ3) is 3.86. The number of aromatic nitrogens is 5. The molecule has 13 aromatic rings. The first-order chi connectivity index (χ1) is 27.3. The van der Waals surface area contributed by atoms with Crippen LogP contribution in [0.4, 0.5) is 0 Å². The lowest BCUT2D eigenvalue weighted by atomic mass is 10.0. The van der Waals surface area contributed by atoms with Crippen molar-refractivity contribution in [2.45, 2.75) is 0 Å². The van der Waals surface area contributed by atoms with Crippen LogP contribution in [0.2, 0.25) is 0 Å². The lowest BCUT2D eigenvalue weighted by Gasteiger charge is -2.10. The Morgan fingerprint density at radius 3 is 1.56 bits per heavy atom. The number of fused-ring (bicyclic) bond motifs is 13. The Morgan fingerprint density at radius 2 is 0.855 bits per heavy atom. The summed E-state index contributed by atoms with van der Waals surface area (Å²) in [6.45, 7) is 0. The van der Waals surface area contributed by atoms with Crippen LogP contribution in [0.3, 0.4) is 0 Å². The molecule has 0 saturated heterocycles. The average molecular weight is 700 g/mol. The third-order valence-corrected chi connectivity index (χ3v) is 11.7. The molecule has 5 nitrogen and oxygen atoms in total. The van der Waals surface area contributed by atoms with Crippen molar-refractivity contribution in [1.29, 1.82) is 0 Å². The van der Waals surface area contributed by atoms with Gasteiger partial charge in [-0.1, -0.05) is 97.1 Å². The molecule has 0 unspecified atom stereocenters. The van der Waals surface area contributed by atoms with Crippen molar-refractivity contribution in [2.75, 3.05) is 0 Å². The molecule has 0 bridgehead atoms. The van der Waals surface area contributed by atoms with Crippen molar-refractivity contribution < 1.29 is 0 Å². The van der Waals surface area contributed by atoms with Gasteiger partial charge in [-0.3, -0.25) is 4.40 Å². The molecule has 0 aliphatic heterocycles. The Labute approximate surface area is 313 Å². The molecule has 0 saturated carbocycles.